The van der Waals surface area contributed by atoms with Gasteiger partial charge in [0.2, 0.25) is 11.8 Å². The third-order valence-corrected chi connectivity index (χ3v) is 5.02. The molecule has 2 amide bonds. The fourth-order valence-corrected chi connectivity index (χ4v) is 3.28. The molecule has 0 radical (unpaired) electrons. The summed E-state index contributed by atoms with van der Waals surface area (Å²) in [4.78, 5) is 26.6. The van der Waals surface area contributed by atoms with Crippen molar-refractivity contribution in [3.63, 3.8) is 0 Å². The van der Waals surface area contributed by atoms with Crippen LogP contribution in [-0.4, -0.2) is 36.9 Å². The third kappa shape index (κ3) is 5.46. The van der Waals surface area contributed by atoms with Crippen LogP contribution >= 0.6 is 0 Å². The number of hydrogen-bond donors (Lipinski definition) is 1. The fourth-order valence-electron chi connectivity index (χ4n) is 3.28. The van der Waals surface area contributed by atoms with Gasteiger partial charge >= 0.3 is 0 Å². The number of amides is 2. The highest BCUT2D eigenvalue weighted by Gasteiger charge is 2.26. The van der Waals surface area contributed by atoms with Crippen LogP contribution in [0.3, 0.4) is 0 Å². The van der Waals surface area contributed by atoms with E-state index in [1.54, 1.807) is 24.2 Å². The Morgan fingerprint density at radius 1 is 1.07 bits per heavy atom. The van der Waals surface area contributed by atoms with E-state index in [9.17, 15) is 9.59 Å². The second-order valence-corrected chi connectivity index (χ2v) is 6.91. The highest BCUT2D eigenvalue weighted by Crippen LogP contribution is 2.18. The molecule has 1 aliphatic rings. The Morgan fingerprint density at radius 2 is 1.75 bits per heavy atom. The van der Waals surface area contributed by atoms with E-state index in [1.807, 2.05) is 54.6 Å². The lowest BCUT2D eigenvalue weighted by Crippen LogP contribution is -2.42. The first-order valence-electron chi connectivity index (χ1n) is 9.58. The molecule has 1 N–H and O–H groups in total. The van der Waals surface area contributed by atoms with Crippen LogP contribution in [0.2, 0.25) is 0 Å². The largest absolute Gasteiger partial charge is 0.497 e. The minimum atomic E-state index is -0.0293. The molecule has 0 atom stereocenters. The number of rotatable bonds is 6. The second-order valence-electron chi connectivity index (χ2n) is 6.91. The molecule has 0 aliphatic carbocycles. The highest BCUT2D eigenvalue weighted by atomic mass is 16.5. The number of benzene rings is 2. The van der Waals surface area contributed by atoms with Crippen molar-refractivity contribution < 1.29 is 14.3 Å². The lowest BCUT2D eigenvalue weighted by atomic mass is 9.95. The van der Waals surface area contributed by atoms with E-state index in [1.165, 1.54) is 0 Å². The van der Waals surface area contributed by atoms with Gasteiger partial charge in [0.15, 0.2) is 0 Å². The summed E-state index contributed by atoms with van der Waals surface area (Å²) in [5, 5.41) is 3.00. The zero-order valence-corrected chi connectivity index (χ0v) is 16.1. The van der Waals surface area contributed by atoms with Gasteiger partial charge in [-0.15, -0.1) is 0 Å². The maximum absolute atomic E-state index is 12.4. The van der Waals surface area contributed by atoms with E-state index in [-0.39, 0.29) is 17.7 Å². The molecule has 3 rings (SSSR count). The lowest BCUT2D eigenvalue weighted by Gasteiger charge is -2.30. The first kappa shape index (κ1) is 19.7. The number of carbonyl (C=O) groups is 2. The lowest BCUT2D eigenvalue weighted by molar-refractivity contribution is -0.132. The molecule has 0 aromatic heterocycles. The summed E-state index contributed by atoms with van der Waals surface area (Å²) in [6.45, 7) is 1.76. The molecule has 0 spiro atoms. The van der Waals surface area contributed by atoms with E-state index in [2.05, 4.69) is 5.32 Å². The van der Waals surface area contributed by atoms with Crippen molar-refractivity contribution in [2.24, 2.45) is 5.92 Å². The number of nitrogens with zero attached hydrogens (tertiary/aromatic N) is 1. The number of hydrogen-bond acceptors (Lipinski definition) is 3. The summed E-state index contributed by atoms with van der Waals surface area (Å²) in [7, 11) is 1.62. The van der Waals surface area contributed by atoms with Crippen LogP contribution in [0, 0.1) is 5.92 Å². The van der Waals surface area contributed by atoms with E-state index < -0.39 is 0 Å². The Kier molecular flexibility index (Phi) is 6.84. The molecule has 1 saturated heterocycles. The monoisotopic (exact) mass is 378 g/mol. The quantitative estimate of drug-likeness (QED) is 0.785. The number of piperidine rings is 1. The minimum Gasteiger partial charge on any atom is -0.497 e. The molecule has 5 heteroatoms. The van der Waals surface area contributed by atoms with Crippen LogP contribution in [0.4, 0.5) is 0 Å². The summed E-state index contributed by atoms with van der Waals surface area (Å²) in [6, 6.07) is 17.4. The third-order valence-electron chi connectivity index (χ3n) is 5.02. The van der Waals surface area contributed by atoms with Crippen LogP contribution in [0.15, 0.2) is 60.7 Å². The van der Waals surface area contributed by atoms with Gasteiger partial charge in [0.25, 0.3) is 0 Å². The van der Waals surface area contributed by atoms with Gasteiger partial charge in [0, 0.05) is 31.6 Å². The van der Waals surface area contributed by atoms with Crippen molar-refractivity contribution in [3.8, 4) is 5.75 Å². The van der Waals surface area contributed by atoms with Crippen LogP contribution < -0.4 is 10.1 Å². The van der Waals surface area contributed by atoms with Crippen molar-refractivity contribution in [3.05, 3.63) is 71.8 Å². The molecular weight excluding hydrogens is 352 g/mol. The Hall–Kier alpha value is -3.08. The SMILES string of the molecule is COc1ccc(/C=C/C(=O)N2CCC(C(=O)NCc3ccccc3)CC2)cc1. The van der Waals surface area contributed by atoms with Gasteiger partial charge in [-0.05, 0) is 42.2 Å². The average molecular weight is 378 g/mol. The molecule has 2 aromatic rings. The summed E-state index contributed by atoms with van der Waals surface area (Å²) >= 11 is 0. The zero-order valence-electron chi connectivity index (χ0n) is 16.1. The number of carbonyl (C=O) groups excluding carboxylic acids is 2. The molecule has 2 aromatic carbocycles. The normalized spacial score (nSPS) is 14.8. The molecule has 0 bridgehead atoms. The smallest absolute Gasteiger partial charge is 0.246 e. The number of methoxy groups -OCH3 is 1. The topological polar surface area (TPSA) is 58.6 Å². The number of ether oxygens (including phenoxy) is 1. The zero-order chi connectivity index (χ0) is 19.8. The molecule has 1 heterocycles. The standard InChI is InChI=1S/C23H26N2O3/c1-28-21-10-7-18(8-11-21)9-12-22(26)25-15-13-20(14-16-25)23(27)24-17-19-5-3-2-4-6-19/h2-12,20H,13-17H2,1H3,(H,24,27)/b12-9+. The highest BCUT2D eigenvalue weighted by molar-refractivity contribution is 5.92. The van der Waals surface area contributed by atoms with Crippen molar-refractivity contribution in [1.29, 1.82) is 0 Å². The molecular formula is C23H26N2O3. The summed E-state index contributed by atoms with van der Waals surface area (Å²) in [5.41, 5.74) is 2.04. The van der Waals surface area contributed by atoms with E-state index >= 15 is 0 Å². The van der Waals surface area contributed by atoms with Crippen LogP contribution in [-0.2, 0) is 16.1 Å². The Balaban J connectivity index is 1.44. The Bertz CT molecular complexity index is 808. The van der Waals surface area contributed by atoms with E-state index in [4.69, 9.17) is 4.74 Å². The van der Waals surface area contributed by atoms with Gasteiger partial charge in [-0.25, -0.2) is 0 Å². The molecule has 28 heavy (non-hydrogen) atoms. The fraction of sp³-hybridized carbons (Fsp3) is 0.304. The van der Waals surface area contributed by atoms with Gasteiger partial charge < -0.3 is 15.0 Å². The average Bonchev–Trinajstić information content (AvgIpc) is 2.77. The Morgan fingerprint density at radius 3 is 2.39 bits per heavy atom. The first-order valence-corrected chi connectivity index (χ1v) is 9.58. The second kappa shape index (κ2) is 9.74. The number of nitrogens with one attached hydrogen (secondary N) is 1. The predicted molar refractivity (Wildman–Crippen MR) is 110 cm³/mol. The van der Waals surface area contributed by atoms with Crippen molar-refractivity contribution in [1.82, 2.24) is 10.2 Å². The van der Waals surface area contributed by atoms with Crippen LogP contribution in [0.1, 0.15) is 24.0 Å². The van der Waals surface area contributed by atoms with Gasteiger partial charge in [0.1, 0.15) is 5.75 Å². The molecule has 1 aliphatic heterocycles. The molecule has 0 unspecified atom stereocenters. The van der Waals surface area contributed by atoms with Crippen molar-refractivity contribution in [2.45, 2.75) is 19.4 Å². The Labute approximate surface area is 166 Å². The van der Waals surface area contributed by atoms with Gasteiger partial charge in [-0.2, -0.15) is 0 Å². The summed E-state index contributed by atoms with van der Waals surface area (Å²) in [6.07, 6.45) is 4.80. The van der Waals surface area contributed by atoms with Gasteiger partial charge in [-0.3, -0.25) is 9.59 Å². The van der Waals surface area contributed by atoms with Crippen LogP contribution in [0.5, 0.6) is 5.75 Å². The summed E-state index contributed by atoms with van der Waals surface area (Å²) < 4.78 is 5.13. The van der Waals surface area contributed by atoms with Crippen molar-refractivity contribution in [2.75, 3.05) is 20.2 Å². The molecule has 146 valence electrons. The maximum Gasteiger partial charge on any atom is 0.246 e. The minimum absolute atomic E-state index is 0.0149. The molecule has 0 saturated carbocycles. The van der Waals surface area contributed by atoms with E-state index in [0.717, 1.165) is 16.9 Å². The number of likely N-dealkylation sites (tertiary alicyclic amines) is 1. The first-order chi connectivity index (χ1) is 13.7. The summed E-state index contributed by atoms with van der Waals surface area (Å²) in [5.74, 6) is 0.818. The maximum atomic E-state index is 12.4. The molecule has 1 fully saturated rings. The van der Waals surface area contributed by atoms with Gasteiger partial charge in [0.05, 0.1) is 7.11 Å². The molecule has 5 nitrogen and oxygen atoms in total. The van der Waals surface area contributed by atoms with E-state index in [0.29, 0.717) is 32.5 Å². The van der Waals surface area contributed by atoms with Gasteiger partial charge in [-0.1, -0.05) is 42.5 Å². The predicted octanol–water partition coefficient (Wildman–Crippen LogP) is 3.26. The van der Waals surface area contributed by atoms with Crippen molar-refractivity contribution >= 4 is 17.9 Å². The van der Waals surface area contributed by atoms with Crippen LogP contribution in [0.25, 0.3) is 6.08 Å².